The zero-order valence-electron chi connectivity index (χ0n) is 33.9. The lowest BCUT2D eigenvalue weighted by Crippen LogP contribution is -2.50. The minimum atomic E-state index is -4.92. The summed E-state index contributed by atoms with van der Waals surface area (Å²) in [4.78, 5) is 62.2. The molecule has 3 fully saturated rings. The molecule has 2 aliphatic carbocycles. The van der Waals surface area contributed by atoms with E-state index >= 15 is 0 Å². The fraction of sp³-hybridized carbons (Fsp3) is 0.634. The number of hydrogen-bond donors (Lipinski definition) is 1. The Bertz CT molecular complexity index is 2120. The van der Waals surface area contributed by atoms with Crippen molar-refractivity contribution in [2.24, 2.45) is 17.3 Å². The van der Waals surface area contributed by atoms with Crippen LogP contribution in [0.15, 0.2) is 36.5 Å². The second-order valence-corrected chi connectivity index (χ2v) is 19.2. The highest BCUT2D eigenvalue weighted by Crippen LogP contribution is 2.57. The van der Waals surface area contributed by atoms with Gasteiger partial charge in [0.1, 0.15) is 6.10 Å². The van der Waals surface area contributed by atoms with E-state index in [1.54, 1.807) is 26.0 Å². The maximum absolute atomic E-state index is 14.9. The van der Waals surface area contributed by atoms with Crippen molar-refractivity contribution in [3.05, 3.63) is 42.4 Å². The molecule has 1 N–H and O–H groups in total. The molecule has 59 heavy (non-hydrogen) atoms. The second-order valence-electron chi connectivity index (χ2n) is 17.0. The molecule has 3 heterocycles. The Hall–Kier alpha value is -4.32. The highest BCUT2D eigenvalue weighted by molar-refractivity contribution is 7.91. The van der Waals surface area contributed by atoms with Crippen LogP contribution in [-0.4, -0.2) is 96.4 Å². The molecule has 18 heteroatoms. The lowest BCUT2D eigenvalue weighted by molar-refractivity contribution is -0.258. The molecule has 0 spiro atoms. The molecule has 1 aromatic carbocycles. The molecule has 7 atom stereocenters. The number of ether oxygens (including phenoxy) is 4. The number of hydrogen-bond acceptors (Lipinski definition) is 11. The van der Waals surface area contributed by atoms with Gasteiger partial charge in [0.25, 0.3) is 0 Å². The van der Waals surface area contributed by atoms with Gasteiger partial charge in [0.05, 0.1) is 54.4 Å². The number of allylic oxidation sites excluding steroid dienone is 2. The number of ketones is 1. The quantitative estimate of drug-likeness (QED) is 0.166. The second kappa shape index (κ2) is 16.3. The summed E-state index contributed by atoms with van der Waals surface area (Å²) in [6, 6.07) is 2.95. The summed E-state index contributed by atoms with van der Waals surface area (Å²) in [7, 11) is -2.76. The van der Waals surface area contributed by atoms with Crippen LogP contribution in [-0.2, 0) is 38.7 Å². The largest absolute Gasteiger partial charge is 0.494 e. The predicted molar refractivity (Wildman–Crippen MR) is 205 cm³/mol. The van der Waals surface area contributed by atoms with Crippen LogP contribution in [0.25, 0.3) is 10.8 Å². The number of nitrogens with one attached hydrogen (secondary N) is 1. The van der Waals surface area contributed by atoms with E-state index in [0.717, 1.165) is 0 Å². The van der Waals surface area contributed by atoms with Crippen LogP contribution in [0.3, 0.4) is 0 Å². The summed E-state index contributed by atoms with van der Waals surface area (Å²) in [6.45, 7) is 6.10. The van der Waals surface area contributed by atoms with Crippen molar-refractivity contribution in [1.82, 2.24) is 14.6 Å². The third-order valence-electron chi connectivity index (χ3n) is 12.2. The van der Waals surface area contributed by atoms with E-state index in [0.29, 0.717) is 44.9 Å². The van der Waals surface area contributed by atoms with Crippen LogP contribution in [0.4, 0.5) is 17.6 Å². The van der Waals surface area contributed by atoms with Gasteiger partial charge >= 0.3 is 12.1 Å². The third-order valence-corrected chi connectivity index (χ3v) is 14.4. The normalized spacial score (nSPS) is 29.4. The Balaban J connectivity index is 1.38. The Kier molecular flexibility index (Phi) is 12.2. The van der Waals surface area contributed by atoms with Crippen molar-refractivity contribution in [1.29, 1.82) is 0 Å². The number of methoxy groups -OCH3 is 1. The Morgan fingerprint density at radius 2 is 1.86 bits per heavy atom. The maximum Gasteiger partial charge on any atom is 0.427 e. The fourth-order valence-electron chi connectivity index (χ4n) is 7.93. The summed E-state index contributed by atoms with van der Waals surface area (Å²) in [5, 5.41) is 0.782. The van der Waals surface area contributed by atoms with Gasteiger partial charge in [-0.15, -0.1) is 0 Å². The van der Waals surface area contributed by atoms with Gasteiger partial charge in [-0.2, -0.15) is 13.2 Å². The summed E-state index contributed by atoms with van der Waals surface area (Å²) in [6.07, 6.45) is -1.83. The Labute approximate surface area is 340 Å². The van der Waals surface area contributed by atoms with E-state index in [1.165, 1.54) is 37.3 Å². The van der Waals surface area contributed by atoms with Crippen LogP contribution in [0.5, 0.6) is 11.6 Å². The number of esters is 1. The molecule has 2 saturated carbocycles. The number of amides is 2. The molecule has 0 unspecified atom stereocenters. The summed E-state index contributed by atoms with van der Waals surface area (Å²) in [5.74, 6) is -6.16. The topological polar surface area (TPSA) is 167 Å². The number of benzene rings is 1. The van der Waals surface area contributed by atoms with E-state index in [-0.39, 0.29) is 42.8 Å². The van der Waals surface area contributed by atoms with Gasteiger partial charge in [-0.3, -0.25) is 23.9 Å². The van der Waals surface area contributed by atoms with Crippen molar-refractivity contribution >= 4 is 44.4 Å². The molecule has 0 bridgehead atoms. The predicted octanol–water partition coefficient (Wildman–Crippen LogP) is 6.12. The molecule has 1 saturated heterocycles. The van der Waals surface area contributed by atoms with Gasteiger partial charge in [0.2, 0.25) is 33.3 Å². The van der Waals surface area contributed by atoms with Gasteiger partial charge in [0, 0.05) is 24.4 Å². The molecule has 2 amide bonds. The first-order valence-electron chi connectivity index (χ1n) is 19.8. The molecule has 4 aliphatic rings. The first kappa shape index (κ1) is 44.2. The number of pyridine rings is 1. The van der Waals surface area contributed by atoms with Gasteiger partial charge < -0.3 is 23.8 Å². The molecule has 324 valence electrons. The number of rotatable bonds is 10. The molecular weight excluding hydrogens is 803 g/mol. The number of fused-ring (bicyclic) bond motifs is 3. The lowest BCUT2D eigenvalue weighted by Gasteiger charge is -2.34. The average molecular weight is 854 g/mol. The standard InChI is InChI=1S/C41H51F4N3O10S/c1-7-32-28(19-34(50)58-38(3,4)41(43,44)45)36(51)48-22-26(57-35-27-18-29(42)33(55-6)16-24(27)12-15-46-35)17-30(48)31(49)21-40(20-25(40)11-9-8-10-23(2)56-32)37(52)47-59(53,54)39(5)13-14-39/h9,11-12,15-16,18,23,25-26,28,30,32H,7-8,10,13-14,17,19-22H2,1-6H3,(H,47,52)/b11-9-/t23-,25-,26-,28+,30+,32+,40-/m1/s1. The van der Waals surface area contributed by atoms with E-state index in [9.17, 15) is 45.2 Å². The zero-order valence-corrected chi connectivity index (χ0v) is 34.7. The molecule has 13 nitrogen and oxygen atoms in total. The number of carbonyl (C=O) groups is 4. The summed E-state index contributed by atoms with van der Waals surface area (Å²) in [5.41, 5.74) is -4.33. The number of sulfonamides is 1. The molecule has 1 aromatic heterocycles. The van der Waals surface area contributed by atoms with Crippen molar-refractivity contribution in [3.8, 4) is 11.6 Å². The first-order valence-corrected chi connectivity index (χ1v) is 21.3. The number of halogens is 4. The van der Waals surface area contributed by atoms with Crippen LogP contribution in [0, 0.1) is 23.1 Å². The monoisotopic (exact) mass is 853 g/mol. The molecule has 6 rings (SSSR count). The van der Waals surface area contributed by atoms with Crippen molar-refractivity contribution in [3.63, 3.8) is 0 Å². The highest BCUT2D eigenvalue weighted by Gasteiger charge is 2.63. The van der Waals surface area contributed by atoms with E-state index in [2.05, 4.69) is 9.71 Å². The molecule has 0 radical (unpaired) electrons. The lowest BCUT2D eigenvalue weighted by atomic mass is 9.90. The number of nitrogens with zero attached hydrogens (tertiary/aromatic N) is 2. The van der Waals surface area contributed by atoms with Crippen LogP contribution in [0.1, 0.15) is 92.4 Å². The van der Waals surface area contributed by atoms with Crippen LogP contribution in [0.2, 0.25) is 0 Å². The van der Waals surface area contributed by atoms with E-state index < -0.39 is 110 Å². The van der Waals surface area contributed by atoms with Crippen molar-refractivity contribution in [2.45, 2.75) is 133 Å². The highest BCUT2D eigenvalue weighted by atomic mass is 32.2. The minimum absolute atomic E-state index is 0.0168. The zero-order chi connectivity index (χ0) is 43.3. The van der Waals surface area contributed by atoms with Gasteiger partial charge in [-0.05, 0) is 95.7 Å². The SMILES string of the molecule is CC[C@@H]1O[C@H](C)CC/C=C\[C@@H]2C[C@@]2(C(=O)NS(=O)(=O)C2(C)CC2)CC(=O)[C@@H]2C[C@@H](Oc3nccc4cc(OC)c(F)cc34)CN2C(=O)[C@H]1CC(=O)OC(C)(C)C(F)(F)F. The van der Waals surface area contributed by atoms with Crippen LogP contribution >= 0.6 is 0 Å². The van der Waals surface area contributed by atoms with Gasteiger partial charge in [-0.1, -0.05) is 19.1 Å². The molecule has 2 aromatic rings. The van der Waals surface area contributed by atoms with E-state index in [4.69, 9.17) is 18.9 Å². The number of aromatic nitrogens is 1. The Morgan fingerprint density at radius 1 is 1.15 bits per heavy atom. The first-order chi connectivity index (χ1) is 27.5. The Morgan fingerprint density at radius 3 is 2.51 bits per heavy atom. The smallest absolute Gasteiger partial charge is 0.427 e. The van der Waals surface area contributed by atoms with Crippen molar-refractivity contribution in [2.75, 3.05) is 13.7 Å². The molecule has 2 aliphatic heterocycles. The summed E-state index contributed by atoms with van der Waals surface area (Å²) >= 11 is 0. The van der Waals surface area contributed by atoms with E-state index in [1.807, 2.05) is 6.08 Å². The van der Waals surface area contributed by atoms with Gasteiger partial charge in [-0.25, -0.2) is 17.8 Å². The number of Topliss-reactive ketones (excluding diaryl/α,β-unsaturated/α-hetero) is 1. The van der Waals surface area contributed by atoms with Crippen LogP contribution < -0.4 is 14.2 Å². The van der Waals surface area contributed by atoms with Crippen molar-refractivity contribution < 1.29 is 64.1 Å². The minimum Gasteiger partial charge on any atom is -0.494 e. The number of carbonyl (C=O) groups excluding carboxylic acids is 4. The van der Waals surface area contributed by atoms with Gasteiger partial charge in [0.15, 0.2) is 17.3 Å². The number of alkyl halides is 3. The maximum atomic E-state index is 14.9. The summed E-state index contributed by atoms with van der Waals surface area (Å²) < 4.78 is 106. The third kappa shape index (κ3) is 9.08. The fourth-order valence-corrected chi connectivity index (χ4v) is 9.26. The molecular formula is C41H51F4N3O10S. The average Bonchev–Trinajstić information content (AvgIpc) is 4.03.